The third-order valence-corrected chi connectivity index (χ3v) is 4.54. The van der Waals surface area contributed by atoms with E-state index in [-0.39, 0.29) is 0 Å². The first-order valence-electron chi connectivity index (χ1n) is 7.49. The summed E-state index contributed by atoms with van der Waals surface area (Å²) in [5, 5.41) is 0.706. The predicted molar refractivity (Wildman–Crippen MR) is 88.7 cm³/mol. The minimum absolute atomic E-state index is 0.706. The number of nitrogens with one attached hydrogen (secondary N) is 1. The van der Waals surface area contributed by atoms with Gasteiger partial charge in [0.25, 0.3) is 0 Å². The van der Waals surface area contributed by atoms with E-state index in [1.165, 1.54) is 47.9 Å². The Morgan fingerprint density at radius 2 is 1.74 bits per heavy atom. The van der Waals surface area contributed by atoms with E-state index in [2.05, 4.69) is 51.5 Å². The van der Waals surface area contributed by atoms with E-state index in [4.69, 9.17) is 0 Å². The topological polar surface area (TPSA) is 12.0 Å². The van der Waals surface area contributed by atoms with Gasteiger partial charge in [0.15, 0.2) is 0 Å². The first kappa shape index (κ1) is 16.6. The van der Waals surface area contributed by atoms with E-state index in [0.29, 0.717) is 5.25 Å². The lowest BCUT2D eigenvalue weighted by Gasteiger charge is -2.15. The molecule has 0 radical (unpaired) electrons. The van der Waals surface area contributed by atoms with Gasteiger partial charge in [0.1, 0.15) is 0 Å². The van der Waals surface area contributed by atoms with E-state index >= 15 is 0 Å². The molecule has 0 fully saturated rings. The van der Waals surface area contributed by atoms with Crippen LogP contribution in [0.15, 0.2) is 12.1 Å². The second-order valence-electron chi connectivity index (χ2n) is 5.62. The van der Waals surface area contributed by atoms with Gasteiger partial charge in [-0.15, -0.1) is 0 Å². The number of unbranched alkanes of at least 4 members (excludes halogenated alkanes) is 2. The molecule has 1 aromatic rings. The first-order chi connectivity index (χ1) is 9.04. The SMILES string of the molecule is CCCCCC(C)SNCc1c(C)cc(C)cc1C. The van der Waals surface area contributed by atoms with Crippen LogP contribution in [0.1, 0.15) is 61.8 Å². The van der Waals surface area contributed by atoms with E-state index in [9.17, 15) is 0 Å². The van der Waals surface area contributed by atoms with Crippen LogP contribution in [-0.2, 0) is 6.54 Å². The number of rotatable bonds is 8. The number of hydrogen-bond donors (Lipinski definition) is 1. The highest BCUT2D eigenvalue weighted by atomic mass is 32.2. The molecule has 0 amide bonds. The van der Waals surface area contributed by atoms with Crippen LogP contribution in [0.3, 0.4) is 0 Å². The van der Waals surface area contributed by atoms with Crippen LogP contribution < -0.4 is 4.72 Å². The number of aryl methyl sites for hydroxylation is 3. The normalized spacial score (nSPS) is 12.7. The standard InChI is InChI=1S/C17H29NS/c1-6-7-8-9-16(5)19-18-12-17-14(3)10-13(2)11-15(17)4/h10-11,16,18H,6-9,12H2,1-5H3. The van der Waals surface area contributed by atoms with Crippen molar-refractivity contribution < 1.29 is 0 Å². The molecule has 0 aliphatic heterocycles. The Morgan fingerprint density at radius 3 is 2.32 bits per heavy atom. The average molecular weight is 279 g/mol. The number of hydrogen-bond acceptors (Lipinski definition) is 2. The van der Waals surface area contributed by atoms with Crippen LogP contribution in [0.25, 0.3) is 0 Å². The van der Waals surface area contributed by atoms with Crippen molar-refractivity contribution in [3.8, 4) is 0 Å². The summed E-state index contributed by atoms with van der Waals surface area (Å²) in [6.07, 6.45) is 5.35. The largest absolute Gasteiger partial charge is 0.259 e. The third-order valence-electron chi connectivity index (χ3n) is 3.59. The molecule has 1 atom stereocenters. The molecule has 0 aromatic heterocycles. The van der Waals surface area contributed by atoms with Crippen molar-refractivity contribution in [2.75, 3.05) is 0 Å². The van der Waals surface area contributed by atoms with Gasteiger partial charge in [0.05, 0.1) is 0 Å². The Morgan fingerprint density at radius 1 is 1.11 bits per heavy atom. The molecule has 0 bridgehead atoms. The first-order valence-corrected chi connectivity index (χ1v) is 8.37. The summed E-state index contributed by atoms with van der Waals surface area (Å²) in [5.74, 6) is 0. The second kappa shape index (κ2) is 8.65. The fourth-order valence-electron chi connectivity index (χ4n) is 2.49. The van der Waals surface area contributed by atoms with Crippen molar-refractivity contribution in [1.82, 2.24) is 4.72 Å². The molecule has 1 nitrogen and oxygen atoms in total. The van der Waals surface area contributed by atoms with Crippen LogP contribution >= 0.6 is 11.9 Å². The zero-order valence-corrected chi connectivity index (χ0v) is 14.0. The van der Waals surface area contributed by atoms with Gasteiger partial charge in [-0.05, 0) is 43.9 Å². The highest BCUT2D eigenvalue weighted by Crippen LogP contribution is 2.19. The third kappa shape index (κ3) is 6.01. The molecule has 1 N–H and O–H groups in total. The molecule has 0 saturated carbocycles. The van der Waals surface area contributed by atoms with Crippen molar-refractivity contribution in [3.05, 3.63) is 34.4 Å². The smallest absolute Gasteiger partial charge is 0.0315 e. The molecule has 108 valence electrons. The summed E-state index contributed by atoms with van der Waals surface area (Å²) in [4.78, 5) is 0. The molecule has 2 heteroatoms. The molecule has 0 spiro atoms. The summed E-state index contributed by atoms with van der Waals surface area (Å²) >= 11 is 1.89. The second-order valence-corrected chi connectivity index (χ2v) is 6.95. The van der Waals surface area contributed by atoms with Gasteiger partial charge in [-0.2, -0.15) is 0 Å². The van der Waals surface area contributed by atoms with Crippen molar-refractivity contribution in [2.45, 2.75) is 72.1 Å². The van der Waals surface area contributed by atoms with Gasteiger partial charge < -0.3 is 0 Å². The fourth-order valence-corrected chi connectivity index (χ4v) is 3.28. The molecule has 19 heavy (non-hydrogen) atoms. The molecule has 1 aromatic carbocycles. The molecule has 1 rings (SSSR count). The van der Waals surface area contributed by atoms with Gasteiger partial charge in [0, 0.05) is 11.8 Å². The molecule has 0 aliphatic carbocycles. The van der Waals surface area contributed by atoms with Gasteiger partial charge in [-0.3, -0.25) is 4.72 Å². The van der Waals surface area contributed by atoms with Crippen LogP contribution in [0.5, 0.6) is 0 Å². The summed E-state index contributed by atoms with van der Waals surface area (Å²) in [6, 6.07) is 4.55. The molecule has 0 aliphatic rings. The minimum Gasteiger partial charge on any atom is -0.259 e. The van der Waals surface area contributed by atoms with Gasteiger partial charge >= 0.3 is 0 Å². The molecule has 1 unspecified atom stereocenters. The van der Waals surface area contributed by atoms with E-state index in [1.807, 2.05) is 11.9 Å². The van der Waals surface area contributed by atoms with Crippen LogP contribution in [0, 0.1) is 20.8 Å². The fraction of sp³-hybridized carbons (Fsp3) is 0.647. The monoisotopic (exact) mass is 279 g/mol. The number of benzene rings is 1. The van der Waals surface area contributed by atoms with E-state index in [1.54, 1.807) is 0 Å². The van der Waals surface area contributed by atoms with Crippen molar-refractivity contribution >= 4 is 11.9 Å². The zero-order chi connectivity index (χ0) is 14.3. The van der Waals surface area contributed by atoms with Gasteiger partial charge in [0.2, 0.25) is 0 Å². The Hall–Kier alpha value is -0.470. The van der Waals surface area contributed by atoms with Crippen LogP contribution in [0.2, 0.25) is 0 Å². The summed E-state index contributed by atoms with van der Waals surface area (Å²) in [5.41, 5.74) is 5.63. The molecular weight excluding hydrogens is 250 g/mol. The predicted octanol–water partition coefficient (Wildman–Crippen LogP) is 5.32. The lowest BCUT2D eigenvalue weighted by molar-refractivity contribution is 0.662. The van der Waals surface area contributed by atoms with Gasteiger partial charge in [-0.1, -0.05) is 62.8 Å². The molecule has 0 heterocycles. The Bertz CT molecular complexity index is 364. The highest BCUT2D eigenvalue weighted by Gasteiger charge is 2.06. The summed E-state index contributed by atoms with van der Waals surface area (Å²) in [7, 11) is 0. The van der Waals surface area contributed by atoms with Crippen LogP contribution in [-0.4, -0.2) is 5.25 Å². The molecule has 0 saturated heterocycles. The average Bonchev–Trinajstić information content (AvgIpc) is 2.32. The highest BCUT2D eigenvalue weighted by molar-refractivity contribution is 7.97. The Balaban J connectivity index is 2.37. The quantitative estimate of drug-likeness (QED) is 0.510. The lowest BCUT2D eigenvalue weighted by atomic mass is 10.0. The van der Waals surface area contributed by atoms with Crippen molar-refractivity contribution in [1.29, 1.82) is 0 Å². The maximum absolute atomic E-state index is 3.55. The van der Waals surface area contributed by atoms with Gasteiger partial charge in [-0.25, -0.2) is 0 Å². The lowest BCUT2D eigenvalue weighted by Crippen LogP contribution is -2.11. The Labute approximate surface area is 123 Å². The molecular formula is C17H29NS. The maximum Gasteiger partial charge on any atom is 0.0315 e. The van der Waals surface area contributed by atoms with Crippen molar-refractivity contribution in [3.63, 3.8) is 0 Å². The minimum atomic E-state index is 0.706. The Kier molecular flexibility index (Phi) is 7.55. The van der Waals surface area contributed by atoms with Crippen LogP contribution in [0.4, 0.5) is 0 Å². The summed E-state index contributed by atoms with van der Waals surface area (Å²) in [6.45, 7) is 12.2. The van der Waals surface area contributed by atoms with E-state index in [0.717, 1.165) is 6.54 Å². The zero-order valence-electron chi connectivity index (χ0n) is 13.2. The maximum atomic E-state index is 3.55. The van der Waals surface area contributed by atoms with Crippen molar-refractivity contribution in [2.24, 2.45) is 0 Å². The van der Waals surface area contributed by atoms with E-state index < -0.39 is 0 Å². The summed E-state index contributed by atoms with van der Waals surface area (Å²) < 4.78 is 3.55.